The molecule has 21 heavy (non-hydrogen) atoms. The lowest BCUT2D eigenvalue weighted by molar-refractivity contribution is 0.664. The molecule has 3 aromatic rings. The molecule has 3 heterocycles. The lowest BCUT2D eigenvalue weighted by atomic mass is 10.2. The molecule has 6 heteroatoms. The molecule has 3 rings (SSSR count). The number of nitrogens with one attached hydrogen (secondary N) is 1. The van der Waals surface area contributed by atoms with Crippen LogP contribution in [0.25, 0.3) is 11.0 Å². The monoisotopic (exact) mass is 284 g/mol. The third-order valence-electron chi connectivity index (χ3n) is 3.58. The van der Waals surface area contributed by atoms with Crippen molar-refractivity contribution < 1.29 is 0 Å². The number of aromatic nitrogens is 5. The Morgan fingerprint density at radius 2 is 2.10 bits per heavy atom. The van der Waals surface area contributed by atoms with E-state index in [4.69, 9.17) is 0 Å². The van der Waals surface area contributed by atoms with Gasteiger partial charge < -0.3 is 5.32 Å². The molecule has 3 aromatic heterocycles. The van der Waals surface area contributed by atoms with E-state index in [1.807, 2.05) is 48.8 Å². The number of rotatable bonds is 5. The third kappa shape index (κ3) is 2.95. The van der Waals surface area contributed by atoms with E-state index in [0.29, 0.717) is 0 Å². The van der Waals surface area contributed by atoms with Crippen LogP contribution < -0.4 is 5.32 Å². The Morgan fingerprint density at radius 1 is 1.24 bits per heavy atom. The summed E-state index contributed by atoms with van der Waals surface area (Å²) in [5.74, 6) is 0. The number of pyridine rings is 1. The molecule has 6 nitrogen and oxygen atoms in total. The third-order valence-corrected chi connectivity index (χ3v) is 3.58. The van der Waals surface area contributed by atoms with Gasteiger partial charge in [-0.1, -0.05) is 0 Å². The molecule has 0 radical (unpaired) electrons. The fourth-order valence-corrected chi connectivity index (χ4v) is 2.49. The van der Waals surface area contributed by atoms with Gasteiger partial charge in [0.25, 0.3) is 0 Å². The van der Waals surface area contributed by atoms with Gasteiger partial charge in [-0.15, -0.1) is 0 Å². The molecule has 0 amide bonds. The maximum atomic E-state index is 4.49. The molecular formula is C15H20N6. The largest absolute Gasteiger partial charge is 0.312 e. The van der Waals surface area contributed by atoms with Crippen molar-refractivity contribution >= 4 is 11.0 Å². The summed E-state index contributed by atoms with van der Waals surface area (Å²) in [4.78, 5) is 4.49. The van der Waals surface area contributed by atoms with Gasteiger partial charge in [-0.05, 0) is 24.6 Å². The molecule has 0 aliphatic heterocycles. The van der Waals surface area contributed by atoms with Crippen LogP contribution in [-0.4, -0.2) is 31.1 Å². The van der Waals surface area contributed by atoms with Crippen LogP contribution in [0.1, 0.15) is 17.0 Å². The van der Waals surface area contributed by atoms with Gasteiger partial charge in [0.15, 0.2) is 5.65 Å². The molecule has 0 unspecified atom stereocenters. The first-order valence-corrected chi connectivity index (χ1v) is 7.11. The molecule has 0 bridgehead atoms. The minimum Gasteiger partial charge on any atom is -0.312 e. The van der Waals surface area contributed by atoms with Crippen molar-refractivity contribution in [3.8, 4) is 0 Å². The van der Waals surface area contributed by atoms with Gasteiger partial charge in [-0.3, -0.25) is 9.36 Å². The Balaban J connectivity index is 1.59. The second kappa shape index (κ2) is 5.65. The molecule has 110 valence electrons. The summed E-state index contributed by atoms with van der Waals surface area (Å²) >= 11 is 0. The predicted molar refractivity (Wildman–Crippen MR) is 81.9 cm³/mol. The zero-order valence-electron chi connectivity index (χ0n) is 12.7. The van der Waals surface area contributed by atoms with E-state index in [1.165, 1.54) is 5.56 Å². The number of hydrogen-bond donors (Lipinski definition) is 1. The van der Waals surface area contributed by atoms with Crippen molar-refractivity contribution in [2.24, 2.45) is 14.1 Å². The Kier molecular flexibility index (Phi) is 3.70. The molecule has 0 aromatic carbocycles. The van der Waals surface area contributed by atoms with E-state index in [9.17, 15) is 0 Å². The average molecular weight is 284 g/mol. The van der Waals surface area contributed by atoms with Crippen molar-refractivity contribution in [1.29, 1.82) is 0 Å². The second-order valence-electron chi connectivity index (χ2n) is 5.33. The molecule has 1 N–H and O–H groups in total. The van der Waals surface area contributed by atoms with Gasteiger partial charge >= 0.3 is 0 Å². The zero-order chi connectivity index (χ0) is 14.8. The number of hydrogen-bond acceptors (Lipinski definition) is 4. The summed E-state index contributed by atoms with van der Waals surface area (Å²) in [6.45, 7) is 3.73. The Hall–Kier alpha value is -2.21. The van der Waals surface area contributed by atoms with Crippen LogP contribution in [-0.2, 0) is 27.1 Å². The highest BCUT2D eigenvalue weighted by Crippen LogP contribution is 2.16. The highest BCUT2D eigenvalue weighted by atomic mass is 15.3. The first-order valence-electron chi connectivity index (χ1n) is 7.11. The number of nitrogens with zero attached hydrogens (tertiary/aromatic N) is 5. The first-order chi connectivity index (χ1) is 10.1. The normalized spacial score (nSPS) is 11.4. The van der Waals surface area contributed by atoms with Crippen LogP contribution in [0.4, 0.5) is 0 Å². The Morgan fingerprint density at radius 3 is 2.86 bits per heavy atom. The van der Waals surface area contributed by atoms with E-state index >= 15 is 0 Å². The van der Waals surface area contributed by atoms with E-state index in [1.54, 1.807) is 0 Å². The van der Waals surface area contributed by atoms with Crippen LogP contribution in [0.5, 0.6) is 0 Å². The van der Waals surface area contributed by atoms with Crippen LogP contribution in [0.15, 0.2) is 24.5 Å². The van der Waals surface area contributed by atoms with Gasteiger partial charge in [0, 0.05) is 51.4 Å². The Bertz CT molecular complexity index is 755. The lowest BCUT2D eigenvalue weighted by Gasteiger charge is -2.04. The average Bonchev–Trinajstić information content (AvgIpc) is 3.00. The van der Waals surface area contributed by atoms with Gasteiger partial charge in [0.05, 0.1) is 11.4 Å². The summed E-state index contributed by atoms with van der Waals surface area (Å²) in [5.41, 5.74) is 4.25. The smallest absolute Gasteiger partial charge is 0.157 e. The van der Waals surface area contributed by atoms with Gasteiger partial charge in [-0.25, -0.2) is 4.98 Å². The highest BCUT2D eigenvalue weighted by Gasteiger charge is 2.06. The molecule has 0 aliphatic rings. The topological polar surface area (TPSA) is 60.6 Å². The van der Waals surface area contributed by atoms with Crippen molar-refractivity contribution in [3.63, 3.8) is 0 Å². The van der Waals surface area contributed by atoms with Gasteiger partial charge in [0.2, 0.25) is 0 Å². The van der Waals surface area contributed by atoms with E-state index in [-0.39, 0.29) is 0 Å². The number of aryl methyl sites for hydroxylation is 3. The van der Waals surface area contributed by atoms with Gasteiger partial charge in [-0.2, -0.15) is 10.2 Å². The summed E-state index contributed by atoms with van der Waals surface area (Å²) < 4.78 is 3.65. The zero-order valence-corrected chi connectivity index (χ0v) is 12.7. The van der Waals surface area contributed by atoms with E-state index < -0.39 is 0 Å². The molecule has 0 fully saturated rings. The standard InChI is InChI=1S/C15H20N6/c1-11-14-8-12(10-17-15(14)21(3)18-11)9-16-6-4-13-5-7-20(2)19-13/h5,7-8,10,16H,4,6,9H2,1-3H3. The minimum atomic E-state index is 0.810. The molecule has 0 aliphatic carbocycles. The van der Waals surface area contributed by atoms with Crippen molar-refractivity contribution in [2.45, 2.75) is 19.9 Å². The molecule has 0 atom stereocenters. The fraction of sp³-hybridized carbons (Fsp3) is 0.400. The predicted octanol–water partition coefficient (Wildman–Crippen LogP) is 1.34. The Labute approximate surface area is 123 Å². The molecule has 0 saturated heterocycles. The van der Waals surface area contributed by atoms with Crippen LogP contribution in [0.2, 0.25) is 0 Å². The van der Waals surface area contributed by atoms with Crippen LogP contribution >= 0.6 is 0 Å². The van der Waals surface area contributed by atoms with Crippen molar-refractivity contribution in [2.75, 3.05) is 6.54 Å². The maximum Gasteiger partial charge on any atom is 0.157 e. The summed E-state index contributed by atoms with van der Waals surface area (Å²) in [6.07, 6.45) is 4.82. The van der Waals surface area contributed by atoms with Crippen LogP contribution in [0.3, 0.4) is 0 Å². The molecule has 0 saturated carbocycles. The van der Waals surface area contributed by atoms with E-state index in [0.717, 1.165) is 41.9 Å². The summed E-state index contributed by atoms with van der Waals surface area (Å²) in [6, 6.07) is 4.22. The quantitative estimate of drug-likeness (QED) is 0.718. The van der Waals surface area contributed by atoms with Crippen molar-refractivity contribution in [1.82, 2.24) is 29.9 Å². The summed E-state index contributed by atoms with van der Waals surface area (Å²) in [5, 5.41) is 13.3. The van der Waals surface area contributed by atoms with Crippen molar-refractivity contribution in [3.05, 3.63) is 41.5 Å². The minimum absolute atomic E-state index is 0.810. The van der Waals surface area contributed by atoms with E-state index in [2.05, 4.69) is 26.6 Å². The second-order valence-corrected chi connectivity index (χ2v) is 5.33. The fourth-order valence-electron chi connectivity index (χ4n) is 2.49. The lowest BCUT2D eigenvalue weighted by Crippen LogP contribution is -2.17. The summed E-state index contributed by atoms with van der Waals surface area (Å²) in [7, 11) is 3.86. The first kappa shape index (κ1) is 13.8. The van der Waals surface area contributed by atoms with Gasteiger partial charge in [0.1, 0.15) is 0 Å². The number of fused-ring (bicyclic) bond motifs is 1. The SMILES string of the molecule is Cc1nn(C)c2ncc(CNCCc3ccn(C)n3)cc12. The van der Waals surface area contributed by atoms with Crippen LogP contribution in [0, 0.1) is 6.92 Å². The molecule has 0 spiro atoms. The highest BCUT2D eigenvalue weighted by molar-refractivity contribution is 5.78. The maximum absolute atomic E-state index is 4.49. The molecular weight excluding hydrogens is 264 g/mol.